The maximum atomic E-state index is 13.0. The molecule has 5 nitrogen and oxygen atoms in total. The molecule has 2 aromatic rings. The Bertz CT molecular complexity index is 725. The number of nitrogens with one attached hydrogen (secondary N) is 2. The van der Waals surface area contributed by atoms with Gasteiger partial charge in [-0.3, -0.25) is 9.59 Å². The summed E-state index contributed by atoms with van der Waals surface area (Å²) in [6.45, 7) is -0.0642. The molecule has 0 aliphatic heterocycles. The molecule has 1 unspecified atom stereocenters. The van der Waals surface area contributed by atoms with Gasteiger partial charge in [0.1, 0.15) is 5.82 Å². The summed E-state index contributed by atoms with van der Waals surface area (Å²) in [5.41, 5.74) is 1.12. The van der Waals surface area contributed by atoms with Gasteiger partial charge in [0.2, 0.25) is 0 Å². The Morgan fingerprint density at radius 2 is 1.83 bits per heavy atom. The predicted octanol–water partition coefficient (Wildman–Crippen LogP) is 2.14. The van der Waals surface area contributed by atoms with Crippen molar-refractivity contribution in [3.05, 3.63) is 64.9 Å². The Morgan fingerprint density at radius 1 is 1.12 bits per heavy atom. The van der Waals surface area contributed by atoms with Crippen LogP contribution < -0.4 is 10.6 Å². The fourth-order valence-electron chi connectivity index (χ4n) is 2.01. The van der Waals surface area contributed by atoms with Crippen molar-refractivity contribution in [2.75, 3.05) is 11.9 Å². The fraction of sp³-hybridized carbons (Fsp3) is 0.176. The SMILES string of the molecule is O=C(NCC(O)Cc1ccccc1)C(=O)Nc1ccc(F)c(Cl)c1. The van der Waals surface area contributed by atoms with Gasteiger partial charge >= 0.3 is 11.8 Å². The van der Waals surface area contributed by atoms with Crippen LogP contribution in [0.4, 0.5) is 10.1 Å². The van der Waals surface area contributed by atoms with E-state index in [1.807, 2.05) is 30.3 Å². The van der Waals surface area contributed by atoms with E-state index in [0.717, 1.165) is 11.6 Å². The number of aliphatic hydroxyl groups excluding tert-OH is 1. The minimum Gasteiger partial charge on any atom is -0.391 e. The quantitative estimate of drug-likeness (QED) is 0.723. The molecule has 0 radical (unpaired) electrons. The van der Waals surface area contributed by atoms with Crippen LogP contribution in [0.15, 0.2) is 48.5 Å². The third-order valence-corrected chi connectivity index (χ3v) is 3.49. The second-order valence-electron chi connectivity index (χ2n) is 5.14. The van der Waals surface area contributed by atoms with E-state index in [4.69, 9.17) is 11.6 Å². The Kier molecular flexibility index (Phi) is 6.28. The van der Waals surface area contributed by atoms with E-state index in [0.29, 0.717) is 6.42 Å². The van der Waals surface area contributed by atoms with Crippen molar-refractivity contribution >= 4 is 29.1 Å². The van der Waals surface area contributed by atoms with Crippen molar-refractivity contribution in [3.63, 3.8) is 0 Å². The van der Waals surface area contributed by atoms with E-state index >= 15 is 0 Å². The zero-order valence-electron chi connectivity index (χ0n) is 12.6. The number of aliphatic hydroxyl groups is 1. The van der Waals surface area contributed by atoms with Gasteiger partial charge < -0.3 is 15.7 Å². The zero-order valence-corrected chi connectivity index (χ0v) is 13.4. The molecule has 2 rings (SSSR count). The topological polar surface area (TPSA) is 78.4 Å². The summed E-state index contributed by atoms with van der Waals surface area (Å²) in [6.07, 6.45) is -0.458. The van der Waals surface area contributed by atoms with Gasteiger partial charge in [0.15, 0.2) is 0 Å². The van der Waals surface area contributed by atoms with Crippen molar-refractivity contribution < 1.29 is 19.1 Å². The first-order valence-corrected chi connectivity index (χ1v) is 7.59. The molecule has 0 aliphatic rings. The number of benzene rings is 2. The van der Waals surface area contributed by atoms with E-state index in [2.05, 4.69) is 10.6 Å². The van der Waals surface area contributed by atoms with Gasteiger partial charge in [-0.15, -0.1) is 0 Å². The number of anilines is 1. The highest BCUT2D eigenvalue weighted by Crippen LogP contribution is 2.19. The molecule has 2 amide bonds. The molecule has 0 aromatic heterocycles. The van der Waals surface area contributed by atoms with Crippen LogP contribution in [0.2, 0.25) is 5.02 Å². The Balaban J connectivity index is 1.81. The van der Waals surface area contributed by atoms with Gasteiger partial charge in [0.25, 0.3) is 0 Å². The molecule has 24 heavy (non-hydrogen) atoms. The number of carbonyl (C=O) groups is 2. The minimum atomic E-state index is -0.926. The van der Waals surface area contributed by atoms with Crippen molar-refractivity contribution in [1.29, 1.82) is 0 Å². The van der Waals surface area contributed by atoms with Gasteiger partial charge in [-0.2, -0.15) is 0 Å². The Morgan fingerprint density at radius 3 is 2.50 bits per heavy atom. The van der Waals surface area contributed by atoms with Crippen LogP contribution in [-0.4, -0.2) is 29.6 Å². The summed E-state index contributed by atoms with van der Waals surface area (Å²) in [7, 11) is 0. The van der Waals surface area contributed by atoms with Crippen LogP contribution in [0.25, 0.3) is 0 Å². The molecule has 0 fully saturated rings. The molecule has 2 aromatic carbocycles. The zero-order chi connectivity index (χ0) is 17.5. The summed E-state index contributed by atoms with van der Waals surface area (Å²) in [6, 6.07) is 12.8. The first kappa shape index (κ1) is 17.9. The van der Waals surface area contributed by atoms with Crippen LogP contribution in [0.3, 0.4) is 0 Å². The monoisotopic (exact) mass is 350 g/mol. The van der Waals surface area contributed by atoms with Crippen LogP contribution in [0.5, 0.6) is 0 Å². The summed E-state index contributed by atoms with van der Waals surface area (Å²) in [5, 5.41) is 14.4. The maximum Gasteiger partial charge on any atom is 0.313 e. The fourth-order valence-corrected chi connectivity index (χ4v) is 2.19. The molecule has 0 aliphatic carbocycles. The smallest absolute Gasteiger partial charge is 0.313 e. The summed E-state index contributed by atoms with van der Waals surface area (Å²) in [5.74, 6) is -2.45. The van der Waals surface area contributed by atoms with Crippen LogP contribution >= 0.6 is 11.6 Å². The van der Waals surface area contributed by atoms with Gasteiger partial charge in [-0.25, -0.2) is 4.39 Å². The van der Waals surface area contributed by atoms with Gasteiger partial charge in [-0.1, -0.05) is 41.9 Å². The third kappa shape index (κ3) is 5.33. The van der Waals surface area contributed by atoms with Crippen molar-refractivity contribution in [2.24, 2.45) is 0 Å². The number of amides is 2. The highest BCUT2D eigenvalue weighted by atomic mass is 35.5. The average molecular weight is 351 g/mol. The first-order valence-electron chi connectivity index (χ1n) is 7.22. The second-order valence-corrected chi connectivity index (χ2v) is 5.54. The molecule has 7 heteroatoms. The van der Waals surface area contributed by atoms with E-state index in [9.17, 15) is 19.1 Å². The third-order valence-electron chi connectivity index (χ3n) is 3.20. The lowest BCUT2D eigenvalue weighted by molar-refractivity contribution is -0.136. The number of carbonyl (C=O) groups excluding carboxylic acids is 2. The summed E-state index contributed by atoms with van der Waals surface area (Å²) < 4.78 is 13.0. The van der Waals surface area contributed by atoms with Gasteiger partial charge in [0, 0.05) is 18.7 Å². The molecule has 0 spiro atoms. The Hall–Kier alpha value is -2.44. The summed E-state index contributed by atoms with van der Waals surface area (Å²) in [4.78, 5) is 23.5. The molecule has 126 valence electrons. The van der Waals surface area contributed by atoms with E-state index in [-0.39, 0.29) is 17.3 Å². The van der Waals surface area contributed by atoms with Crippen LogP contribution in [0.1, 0.15) is 5.56 Å². The van der Waals surface area contributed by atoms with Crippen LogP contribution in [-0.2, 0) is 16.0 Å². The van der Waals surface area contributed by atoms with E-state index in [1.165, 1.54) is 12.1 Å². The summed E-state index contributed by atoms with van der Waals surface area (Å²) >= 11 is 5.60. The van der Waals surface area contributed by atoms with Crippen molar-refractivity contribution in [3.8, 4) is 0 Å². The Labute approximate surface area is 143 Å². The van der Waals surface area contributed by atoms with E-state index in [1.54, 1.807) is 0 Å². The molecular weight excluding hydrogens is 335 g/mol. The molecule has 0 saturated carbocycles. The number of hydrogen-bond donors (Lipinski definition) is 3. The van der Waals surface area contributed by atoms with Crippen molar-refractivity contribution in [1.82, 2.24) is 5.32 Å². The number of hydrogen-bond acceptors (Lipinski definition) is 3. The largest absolute Gasteiger partial charge is 0.391 e. The molecule has 1 atom stereocenters. The maximum absolute atomic E-state index is 13.0. The normalized spacial score (nSPS) is 11.6. The first-order chi connectivity index (χ1) is 11.5. The molecule has 0 bridgehead atoms. The number of halogens is 2. The molecule has 0 saturated heterocycles. The minimum absolute atomic E-state index is 0.0642. The van der Waals surface area contributed by atoms with E-state index < -0.39 is 23.7 Å². The second kappa shape index (κ2) is 8.42. The highest BCUT2D eigenvalue weighted by molar-refractivity contribution is 6.39. The lowest BCUT2D eigenvalue weighted by Gasteiger charge is -2.12. The lowest BCUT2D eigenvalue weighted by atomic mass is 10.1. The van der Waals surface area contributed by atoms with Crippen LogP contribution in [0, 0.1) is 5.82 Å². The predicted molar refractivity (Wildman–Crippen MR) is 89.2 cm³/mol. The van der Waals surface area contributed by atoms with Gasteiger partial charge in [-0.05, 0) is 23.8 Å². The highest BCUT2D eigenvalue weighted by Gasteiger charge is 2.16. The van der Waals surface area contributed by atoms with Gasteiger partial charge in [0.05, 0.1) is 11.1 Å². The molecular formula is C17H16ClFN2O3. The lowest BCUT2D eigenvalue weighted by Crippen LogP contribution is -2.40. The van der Waals surface area contributed by atoms with Crippen molar-refractivity contribution in [2.45, 2.75) is 12.5 Å². The standard InChI is InChI=1S/C17H16ClFN2O3/c18-14-9-12(6-7-15(14)19)21-17(24)16(23)20-10-13(22)8-11-4-2-1-3-5-11/h1-7,9,13,22H,8,10H2,(H,20,23)(H,21,24). The average Bonchev–Trinajstić information content (AvgIpc) is 2.57. The molecule has 3 N–H and O–H groups in total. The number of rotatable bonds is 5. The molecule has 0 heterocycles.